The maximum absolute atomic E-state index is 13.4. The van der Waals surface area contributed by atoms with Gasteiger partial charge in [0, 0.05) is 46.0 Å². The molecule has 1 heterocycles. The Morgan fingerprint density at radius 1 is 1.24 bits per heavy atom. The number of methoxy groups -OCH3 is 1. The molecule has 0 bridgehead atoms. The predicted octanol–water partition coefficient (Wildman–Crippen LogP) is 1.51. The van der Waals surface area contributed by atoms with E-state index in [4.69, 9.17) is 21.1 Å². The molecule has 1 aliphatic rings. The quantitative estimate of drug-likeness (QED) is 0.571. The molecule has 11 heteroatoms. The minimum Gasteiger partial charge on any atom is -0.388 e. The summed E-state index contributed by atoms with van der Waals surface area (Å²) in [7, 11) is 1.42. The Morgan fingerprint density at radius 2 is 1.97 bits per heavy atom. The molecule has 2 rings (SSSR count). The van der Waals surface area contributed by atoms with Crippen molar-refractivity contribution < 1.29 is 33.7 Å². The topological polar surface area (TPSA) is 112 Å². The third-order valence-corrected chi connectivity index (χ3v) is 5.99. The van der Waals surface area contributed by atoms with Crippen LogP contribution in [0.25, 0.3) is 0 Å². The molecule has 0 spiro atoms. The van der Waals surface area contributed by atoms with Crippen LogP contribution in [0.2, 0.25) is 5.02 Å². The highest BCUT2D eigenvalue weighted by molar-refractivity contribution is 6.31. The Kier molecular flexibility index (Phi) is 12.2. The van der Waals surface area contributed by atoms with E-state index in [1.54, 1.807) is 4.90 Å². The van der Waals surface area contributed by atoms with Crippen molar-refractivity contribution in [2.45, 2.75) is 44.5 Å². The second-order valence-electron chi connectivity index (χ2n) is 8.39. The molecular weight excluding hydrogens is 469 g/mol. The van der Waals surface area contributed by atoms with Gasteiger partial charge in [0.25, 0.3) is 0 Å². The molecule has 3 atom stereocenters. The summed E-state index contributed by atoms with van der Waals surface area (Å²) >= 11 is 5.78. The van der Waals surface area contributed by atoms with Crippen molar-refractivity contribution in [2.75, 3.05) is 58.4 Å². The maximum Gasteiger partial charge on any atom is 0.238 e. The molecule has 1 aliphatic heterocycles. The Labute approximate surface area is 204 Å². The number of aliphatic hydroxyl groups excluding tert-OH is 2. The fourth-order valence-electron chi connectivity index (χ4n) is 3.74. The van der Waals surface area contributed by atoms with Gasteiger partial charge in [0.05, 0.1) is 18.2 Å². The molecule has 0 saturated carbocycles. The van der Waals surface area contributed by atoms with Crippen molar-refractivity contribution in [2.24, 2.45) is 0 Å². The Bertz CT molecular complexity index is 802. The van der Waals surface area contributed by atoms with E-state index in [9.17, 15) is 24.2 Å². The highest BCUT2D eigenvalue weighted by atomic mass is 35.5. The zero-order chi connectivity index (χ0) is 25.1. The van der Waals surface area contributed by atoms with Crippen molar-refractivity contribution in [1.29, 1.82) is 0 Å². The number of halogens is 2. The van der Waals surface area contributed by atoms with Gasteiger partial charge in [-0.2, -0.15) is 0 Å². The van der Waals surface area contributed by atoms with Crippen LogP contribution in [0.3, 0.4) is 0 Å². The van der Waals surface area contributed by atoms with E-state index < -0.39 is 24.1 Å². The minimum atomic E-state index is -1.20. The molecule has 1 saturated heterocycles. The molecule has 1 aromatic rings. The lowest BCUT2D eigenvalue weighted by Gasteiger charge is -2.31. The minimum absolute atomic E-state index is 0.0482. The summed E-state index contributed by atoms with van der Waals surface area (Å²) in [5.41, 5.74) is 0.411. The van der Waals surface area contributed by atoms with Crippen LogP contribution in [0.1, 0.15) is 26.2 Å². The number of aliphatic hydroxyl groups is 2. The van der Waals surface area contributed by atoms with E-state index in [1.165, 1.54) is 32.2 Å². The van der Waals surface area contributed by atoms with E-state index in [0.717, 1.165) is 6.42 Å². The van der Waals surface area contributed by atoms with Crippen molar-refractivity contribution in [3.05, 3.63) is 29.0 Å². The number of carbonyl (C=O) groups excluding carboxylic acids is 2. The molecule has 0 aliphatic carbocycles. The number of amides is 2. The number of hydrogen-bond donors (Lipinski definition) is 3. The fourth-order valence-corrected chi connectivity index (χ4v) is 3.92. The van der Waals surface area contributed by atoms with Gasteiger partial charge in [-0.3, -0.25) is 14.5 Å². The third kappa shape index (κ3) is 9.44. The summed E-state index contributed by atoms with van der Waals surface area (Å²) in [5, 5.41) is 23.3. The SMILES string of the molecule is CO[C@H]1CN(C(C)=O)CCCN(CC(=O)Nc2ccc(F)c(Cl)c2)CCCCOC[C@H](O)[C@@H]1O. The molecule has 1 fully saturated rings. The molecule has 34 heavy (non-hydrogen) atoms. The van der Waals surface area contributed by atoms with Gasteiger partial charge >= 0.3 is 0 Å². The van der Waals surface area contributed by atoms with E-state index in [1.807, 2.05) is 4.90 Å². The van der Waals surface area contributed by atoms with Crippen LogP contribution in [0.15, 0.2) is 18.2 Å². The fraction of sp³-hybridized carbons (Fsp3) is 0.652. The van der Waals surface area contributed by atoms with Gasteiger partial charge in [0.15, 0.2) is 0 Å². The molecule has 3 N–H and O–H groups in total. The van der Waals surface area contributed by atoms with Crippen LogP contribution in [0.4, 0.5) is 10.1 Å². The monoisotopic (exact) mass is 503 g/mol. The maximum atomic E-state index is 13.4. The summed E-state index contributed by atoms with van der Waals surface area (Å²) in [6.45, 7) is 3.62. The van der Waals surface area contributed by atoms with Crippen molar-refractivity contribution >= 4 is 29.1 Å². The van der Waals surface area contributed by atoms with E-state index in [-0.39, 0.29) is 36.5 Å². The van der Waals surface area contributed by atoms with Crippen molar-refractivity contribution in [1.82, 2.24) is 9.80 Å². The highest BCUT2D eigenvalue weighted by Gasteiger charge is 2.29. The Morgan fingerprint density at radius 3 is 2.65 bits per heavy atom. The number of rotatable bonds is 4. The molecule has 9 nitrogen and oxygen atoms in total. The molecular formula is C23H35ClFN3O6. The lowest BCUT2D eigenvalue weighted by Crippen LogP contribution is -2.48. The molecule has 0 radical (unpaired) electrons. The number of nitrogens with one attached hydrogen (secondary N) is 1. The molecule has 1 aromatic carbocycles. The van der Waals surface area contributed by atoms with Crippen LogP contribution < -0.4 is 5.32 Å². The number of hydrogen-bond acceptors (Lipinski definition) is 7. The number of nitrogens with zero attached hydrogens (tertiary/aromatic N) is 2. The number of benzene rings is 1. The van der Waals surface area contributed by atoms with Gasteiger partial charge in [0.1, 0.15) is 24.1 Å². The highest BCUT2D eigenvalue weighted by Crippen LogP contribution is 2.19. The van der Waals surface area contributed by atoms with Crippen LogP contribution >= 0.6 is 11.6 Å². The second-order valence-corrected chi connectivity index (χ2v) is 8.79. The third-order valence-electron chi connectivity index (χ3n) is 5.70. The lowest BCUT2D eigenvalue weighted by molar-refractivity contribution is -0.136. The van der Waals surface area contributed by atoms with Gasteiger partial charge in [-0.25, -0.2) is 4.39 Å². The van der Waals surface area contributed by atoms with Gasteiger partial charge < -0.3 is 29.9 Å². The van der Waals surface area contributed by atoms with Crippen LogP contribution in [-0.2, 0) is 19.1 Å². The number of ether oxygens (including phenoxy) is 2. The first-order chi connectivity index (χ1) is 16.2. The summed E-state index contributed by atoms with van der Waals surface area (Å²) in [6, 6.07) is 4.00. The first kappa shape index (κ1) is 28.4. The summed E-state index contributed by atoms with van der Waals surface area (Å²) in [5.74, 6) is -0.994. The van der Waals surface area contributed by atoms with Crippen LogP contribution in [-0.4, -0.2) is 103 Å². The first-order valence-corrected chi connectivity index (χ1v) is 11.8. The summed E-state index contributed by atoms with van der Waals surface area (Å²) < 4.78 is 24.2. The van der Waals surface area contributed by atoms with Gasteiger partial charge in [-0.1, -0.05) is 11.6 Å². The van der Waals surface area contributed by atoms with Crippen LogP contribution in [0, 0.1) is 5.82 Å². The van der Waals surface area contributed by atoms with Gasteiger partial charge in [-0.15, -0.1) is 0 Å². The first-order valence-electron chi connectivity index (χ1n) is 11.4. The summed E-state index contributed by atoms with van der Waals surface area (Å²) in [6.07, 6.45) is -1.04. The number of carbonyl (C=O) groups is 2. The molecule has 192 valence electrons. The van der Waals surface area contributed by atoms with Crippen LogP contribution in [0.5, 0.6) is 0 Å². The Balaban J connectivity index is 2.02. The summed E-state index contributed by atoms with van der Waals surface area (Å²) in [4.78, 5) is 28.3. The molecule has 2 amide bonds. The van der Waals surface area contributed by atoms with Gasteiger partial charge in [0.2, 0.25) is 11.8 Å². The Hall–Kier alpha value is -1.82. The molecule has 0 aromatic heterocycles. The van der Waals surface area contributed by atoms with E-state index in [2.05, 4.69) is 5.32 Å². The normalized spacial score (nSPS) is 24.2. The lowest BCUT2D eigenvalue weighted by atomic mass is 10.1. The standard InChI is InChI=1S/C23H35ClFN3O6/c1-16(29)28-10-5-9-27(14-22(31)26-17-6-7-19(25)18(24)12-17)8-3-4-11-34-15-20(30)23(32)21(13-28)33-2/h6-7,12,20-21,23,30,32H,3-5,8-11,13-15H2,1-2H3,(H,26,31)/t20-,21-,23-/m0/s1. The second kappa shape index (κ2) is 14.6. The zero-order valence-electron chi connectivity index (χ0n) is 19.7. The smallest absolute Gasteiger partial charge is 0.238 e. The predicted molar refractivity (Wildman–Crippen MR) is 126 cm³/mol. The zero-order valence-corrected chi connectivity index (χ0v) is 20.5. The van der Waals surface area contributed by atoms with Crippen molar-refractivity contribution in [3.8, 4) is 0 Å². The van der Waals surface area contributed by atoms with Crippen molar-refractivity contribution in [3.63, 3.8) is 0 Å². The average molecular weight is 504 g/mol. The van der Waals surface area contributed by atoms with E-state index >= 15 is 0 Å². The van der Waals surface area contributed by atoms with Gasteiger partial charge in [-0.05, 0) is 44.0 Å². The average Bonchev–Trinajstić information content (AvgIpc) is 2.79. The largest absolute Gasteiger partial charge is 0.388 e. The molecule has 0 unspecified atom stereocenters. The number of anilines is 1. The van der Waals surface area contributed by atoms with E-state index in [0.29, 0.717) is 44.8 Å².